The highest BCUT2D eigenvalue weighted by Gasteiger charge is 2.37. The van der Waals surface area contributed by atoms with Crippen LogP contribution in [0.5, 0.6) is 0 Å². The van der Waals surface area contributed by atoms with Crippen molar-refractivity contribution in [3.63, 3.8) is 0 Å². The van der Waals surface area contributed by atoms with Gasteiger partial charge in [-0.05, 0) is 57.4 Å². The zero-order valence-corrected chi connectivity index (χ0v) is 42.2. The number of hydrogen-bond donors (Lipinski definition) is 11. The summed E-state index contributed by atoms with van der Waals surface area (Å²) in [6.45, 7) is 15.0. The predicted molar refractivity (Wildman–Crippen MR) is 263 cm³/mol. The summed E-state index contributed by atoms with van der Waals surface area (Å²) in [5.41, 5.74) is 12.5. The lowest BCUT2D eigenvalue weighted by Crippen LogP contribution is -2.78. The third-order valence-electron chi connectivity index (χ3n) is 12.0. The first-order valence-corrected chi connectivity index (χ1v) is 23.6. The van der Waals surface area contributed by atoms with E-state index in [4.69, 9.17) is 16.2 Å². The molecule has 1 aromatic carbocycles. The van der Waals surface area contributed by atoms with Crippen molar-refractivity contribution in [2.45, 2.75) is 129 Å². The summed E-state index contributed by atoms with van der Waals surface area (Å²) in [4.78, 5) is 125. The smallest absolute Gasteiger partial charge is 0.338 e. The third kappa shape index (κ3) is 20.0. The molecule has 0 spiro atoms. The first-order valence-electron chi connectivity index (χ1n) is 23.6. The van der Waals surface area contributed by atoms with E-state index in [1.807, 2.05) is 43.3 Å². The third-order valence-corrected chi connectivity index (χ3v) is 12.0. The fourth-order valence-corrected chi connectivity index (χ4v) is 7.49. The summed E-state index contributed by atoms with van der Waals surface area (Å²) in [6, 6.07) is 1.05. The van der Waals surface area contributed by atoms with Gasteiger partial charge >= 0.3 is 17.9 Å². The Morgan fingerprint density at radius 1 is 0.845 bits per heavy atom. The van der Waals surface area contributed by atoms with Crippen LogP contribution in [0.25, 0.3) is 0 Å². The maximum atomic E-state index is 14.4. The number of allylic oxidation sites excluding steroid dienone is 2. The normalized spacial score (nSPS) is 25.3. The number of aliphatic carboxylic acids is 2. The number of ether oxygens (including phenoxy) is 1. The molecule has 7 amide bonds. The van der Waals surface area contributed by atoms with E-state index in [9.17, 15) is 53.4 Å². The number of carbonyl (C=O) groups is 9. The average molecular weight is 996 g/mol. The Hall–Kier alpha value is -7.10. The highest BCUT2D eigenvalue weighted by Crippen LogP contribution is 2.19. The first kappa shape index (κ1) is 60.0. The first-order chi connectivity index (χ1) is 33.3. The summed E-state index contributed by atoms with van der Waals surface area (Å²) >= 11 is 0. The number of carboxylic acid groups (broad SMARTS) is 2. The van der Waals surface area contributed by atoms with Crippen molar-refractivity contribution in [2.24, 2.45) is 35.1 Å². The minimum atomic E-state index is -1.88. The van der Waals surface area contributed by atoms with Gasteiger partial charge in [-0.3, -0.25) is 50.0 Å². The minimum Gasteiger partial charge on any atom is -0.480 e. The van der Waals surface area contributed by atoms with Crippen molar-refractivity contribution in [1.29, 1.82) is 0 Å². The molecule has 0 aliphatic carbocycles. The van der Waals surface area contributed by atoms with Crippen LogP contribution in [0.15, 0.2) is 66.4 Å². The Labute approximate surface area is 415 Å². The molecule has 2 rings (SSSR count). The molecule has 0 saturated carbocycles. The maximum Gasteiger partial charge on any atom is 0.338 e. The second-order valence-corrected chi connectivity index (χ2v) is 18.3. The lowest BCUT2D eigenvalue weighted by Gasteiger charge is -2.28. The number of likely N-dealkylation sites (N-methyl/N-ethyl adjacent to an activating group) is 1. The van der Waals surface area contributed by atoms with Gasteiger partial charge in [0.05, 0.1) is 30.5 Å². The van der Waals surface area contributed by atoms with Gasteiger partial charge in [0.15, 0.2) is 0 Å². The van der Waals surface area contributed by atoms with E-state index >= 15 is 0 Å². The molecule has 10 atom stereocenters. The van der Waals surface area contributed by atoms with Gasteiger partial charge in [0, 0.05) is 26.5 Å². The van der Waals surface area contributed by atoms with Crippen LogP contribution < -0.4 is 48.4 Å². The van der Waals surface area contributed by atoms with Gasteiger partial charge in [-0.25, -0.2) is 9.59 Å². The van der Waals surface area contributed by atoms with Crippen LogP contribution in [-0.4, -0.2) is 137 Å². The fraction of sp³-hybridized carbons (Fsp3) is 0.551. The molecule has 0 radical (unpaired) electrons. The van der Waals surface area contributed by atoms with Crippen molar-refractivity contribution in [1.82, 2.24) is 36.8 Å². The molecule has 1 aliphatic rings. The Morgan fingerprint density at radius 3 is 2.03 bits per heavy atom. The number of nitrogens with zero attached hydrogens (tertiary/aromatic N) is 1. The average Bonchev–Trinajstić information content (AvgIpc) is 3.31. The molecule has 22 heteroatoms. The van der Waals surface area contributed by atoms with Gasteiger partial charge in [0.1, 0.15) is 35.9 Å². The van der Waals surface area contributed by atoms with Gasteiger partial charge in [-0.2, -0.15) is 0 Å². The summed E-state index contributed by atoms with van der Waals surface area (Å²) in [6.07, 6.45) is 4.76. The largest absolute Gasteiger partial charge is 0.480 e. The van der Waals surface area contributed by atoms with Crippen LogP contribution in [0.1, 0.15) is 86.1 Å². The molecule has 1 heterocycles. The van der Waals surface area contributed by atoms with Gasteiger partial charge in [-0.1, -0.05) is 95.3 Å². The van der Waals surface area contributed by atoms with Crippen molar-refractivity contribution >= 4 is 59.2 Å². The molecule has 1 aliphatic heterocycles. The number of nitrogens with one attached hydrogen (secondary N) is 7. The van der Waals surface area contributed by atoms with E-state index in [2.05, 4.69) is 43.5 Å². The molecule has 22 nitrogen and oxygen atoms in total. The molecule has 1 aromatic rings. The summed E-state index contributed by atoms with van der Waals surface area (Å²) in [5.74, 6) is -12.4. The predicted octanol–water partition coefficient (Wildman–Crippen LogP) is -1.30. The number of nitrogens with two attached hydrogens (primary N) is 2. The molecule has 0 bridgehead atoms. The molecule has 0 aromatic heterocycles. The van der Waals surface area contributed by atoms with Crippen LogP contribution in [0, 0.1) is 23.7 Å². The second kappa shape index (κ2) is 29.2. The number of carboxylic acids is 2. The van der Waals surface area contributed by atoms with Crippen LogP contribution in [0.2, 0.25) is 0 Å². The van der Waals surface area contributed by atoms with Crippen LogP contribution >= 0.6 is 0 Å². The standard InChI is InChI=1S/C49H74N10O12/c1-26(2)23-37-46(66)58-40(48(69)70)30(6)42(62)55-35(17-14-22-52-49(50)51)45(65)54-34(19-18-27(3)24-28(4)38(71-10)25-33-15-12-11-13-16-33)29(5)41(61)56-36(47(67)68)20-21-39(60)59(9)32(8)44(64)53-31(7)43(63)57-37/h11-13,15-16,18-19,24,26,28-31,34-38,40H,8,14,17,20-23,25H2,1-7,9-10H3,(H,53,64)(H,54,65)(H,55,62)(H,56,61)(H,57,63)(H,58,66)(H,67,68)(H,69,70)(H4,50,51,52)/p+1/b19-18+,27-24+/t28-,29-,30-,31+,34-,35-,36+,37-,38-,40+/m0/s1. The Bertz CT molecular complexity index is 2160. The number of amides is 7. The lowest BCUT2D eigenvalue weighted by molar-refractivity contribution is -0.459. The number of rotatable bonds is 15. The van der Waals surface area contributed by atoms with E-state index in [0.29, 0.717) is 12.0 Å². The summed E-state index contributed by atoms with van der Waals surface area (Å²) in [5, 5.41) is 35.5. The number of benzene rings is 1. The molecular weight excluding hydrogens is 921 g/mol. The molecular formula is C49H75N10O12+. The van der Waals surface area contributed by atoms with Crippen molar-refractivity contribution in [3.8, 4) is 0 Å². The lowest BCUT2D eigenvalue weighted by atomic mass is 9.94. The van der Waals surface area contributed by atoms with E-state index in [-0.39, 0.29) is 49.7 Å². The van der Waals surface area contributed by atoms with Crippen molar-refractivity contribution in [3.05, 3.63) is 72.0 Å². The van der Waals surface area contributed by atoms with Gasteiger partial charge < -0.3 is 51.8 Å². The van der Waals surface area contributed by atoms with E-state index < -0.39 is 120 Å². The molecule has 0 unspecified atom stereocenters. The van der Waals surface area contributed by atoms with E-state index in [1.165, 1.54) is 33.9 Å². The summed E-state index contributed by atoms with van der Waals surface area (Å²) < 4.78 is 5.82. The topological polar surface area (TPSA) is 345 Å². The highest BCUT2D eigenvalue weighted by molar-refractivity contribution is 6.00. The number of hydrogen-bond acceptors (Lipinski definition) is 10. The van der Waals surface area contributed by atoms with Crippen LogP contribution in [-0.2, 0) is 54.3 Å². The Morgan fingerprint density at radius 2 is 1.45 bits per heavy atom. The molecule has 71 heavy (non-hydrogen) atoms. The molecule has 1 saturated heterocycles. The summed E-state index contributed by atoms with van der Waals surface area (Å²) in [7, 11) is 2.83. The van der Waals surface area contributed by atoms with Gasteiger partial charge in [0.25, 0.3) is 5.91 Å². The Balaban J connectivity index is 2.73. The monoisotopic (exact) mass is 996 g/mol. The number of guanidine groups is 1. The van der Waals surface area contributed by atoms with Crippen molar-refractivity contribution < 1.29 is 63.1 Å². The zero-order valence-electron chi connectivity index (χ0n) is 42.2. The second-order valence-electron chi connectivity index (χ2n) is 18.3. The highest BCUT2D eigenvalue weighted by atomic mass is 16.5. The zero-order chi connectivity index (χ0) is 53.7. The molecule has 13 N–H and O–H groups in total. The van der Waals surface area contributed by atoms with Crippen LogP contribution in [0.3, 0.4) is 0 Å². The Kier molecular flexibility index (Phi) is 24.7. The van der Waals surface area contributed by atoms with Crippen molar-refractivity contribution in [2.75, 3.05) is 20.7 Å². The SMILES string of the molecule is C=C1C(=O)N[C@H](C)C(=O)N[C@@H](CC(C)C)C(=O)N[C@@H](C(=O)O)[C@H](C)C(=O)N[C@@H](CCC[NH+]=C(N)N)C(=O)N[C@@H](/C=C/C(C)=C/[C@H](C)[C@H](Cc2ccccc2)OC)[C@H](C)C(=O)N[C@@H](C(=O)O)CCC(=O)N1C. The number of carbonyl (C=O) groups excluding carboxylic acids is 7. The van der Waals surface area contributed by atoms with Gasteiger partial charge in [0.2, 0.25) is 35.4 Å². The van der Waals surface area contributed by atoms with Gasteiger partial charge in [-0.15, -0.1) is 0 Å². The number of methoxy groups -OCH3 is 1. The van der Waals surface area contributed by atoms with E-state index in [1.54, 1.807) is 34.0 Å². The molecule has 1 fully saturated rings. The minimum absolute atomic E-state index is 0.00906. The quantitative estimate of drug-likeness (QED) is 0.0320. The maximum absolute atomic E-state index is 14.4. The molecule has 392 valence electrons. The fourth-order valence-electron chi connectivity index (χ4n) is 7.49. The van der Waals surface area contributed by atoms with E-state index in [0.717, 1.165) is 10.5 Å². The van der Waals surface area contributed by atoms with Crippen LogP contribution in [0.4, 0.5) is 0 Å².